The first-order chi connectivity index (χ1) is 8.48. The standard InChI is InChI=1S/C15H23NO2/c1-11(16)6-5-9-17-13-8-4-7-12-10-15(2,3)18-14(12)13/h4,7-8,11H,5-6,9-10,16H2,1-3H3. The maximum Gasteiger partial charge on any atom is 0.165 e. The minimum Gasteiger partial charge on any atom is -0.490 e. The van der Waals surface area contributed by atoms with Crippen molar-refractivity contribution in [1.82, 2.24) is 0 Å². The second kappa shape index (κ2) is 5.19. The molecule has 2 rings (SSSR count). The van der Waals surface area contributed by atoms with Gasteiger partial charge in [0.15, 0.2) is 11.5 Å². The number of rotatable bonds is 5. The molecular weight excluding hydrogens is 226 g/mol. The SMILES string of the molecule is CC(N)CCCOc1cccc2c1OC(C)(C)C2. The molecule has 18 heavy (non-hydrogen) atoms. The smallest absolute Gasteiger partial charge is 0.165 e. The van der Waals surface area contributed by atoms with Gasteiger partial charge in [0.1, 0.15) is 5.60 Å². The van der Waals surface area contributed by atoms with Crippen LogP contribution in [0, 0.1) is 0 Å². The van der Waals surface area contributed by atoms with Gasteiger partial charge in [0.25, 0.3) is 0 Å². The van der Waals surface area contributed by atoms with E-state index in [4.69, 9.17) is 15.2 Å². The van der Waals surface area contributed by atoms with Crippen molar-refractivity contribution in [2.45, 2.75) is 51.7 Å². The van der Waals surface area contributed by atoms with Gasteiger partial charge in [0, 0.05) is 18.0 Å². The van der Waals surface area contributed by atoms with Gasteiger partial charge in [-0.05, 0) is 39.7 Å². The van der Waals surface area contributed by atoms with Crippen molar-refractivity contribution in [1.29, 1.82) is 0 Å². The quantitative estimate of drug-likeness (QED) is 0.816. The highest BCUT2D eigenvalue weighted by atomic mass is 16.5. The molecule has 0 saturated carbocycles. The molecule has 1 unspecified atom stereocenters. The summed E-state index contributed by atoms with van der Waals surface area (Å²) < 4.78 is 11.8. The zero-order valence-electron chi connectivity index (χ0n) is 11.5. The molecular formula is C15H23NO2. The van der Waals surface area contributed by atoms with E-state index in [9.17, 15) is 0 Å². The Balaban J connectivity index is 1.97. The predicted octanol–water partition coefficient (Wildman–Crippen LogP) is 2.91. The van der Waals surface area contributed by atoms with Crippen LogP contribution in [0.15, 0.2) is 18.2 Å². The van der Waals surface area contributed by atoms with Gasteiger partial charge in [-0.3, -0.25) is 0 Å². The Labute approximate surface area is 109 Å². The molecule has 1 aromatic rings. The zero-order chi connectivity index (χ0) is 13.2. The molecule has 3 heteroatoms. The molecule has 0 aliphatic carbocycles. The van der Waals surface area contributed by atoms with E-state index < -0.39 is 0 Å². The molecule has 3 nitrogen and oxygen atoms in total. The molecule has 0 spiro atoms. The summed E-state index contributed by atoms with van der Waals surface area (Å²) in [5.74, 6) is 1.78. The molecule has 1 atom stereocenters. The summed E-state index contributed by atoms with van der Waals surface area (Å²) in [7, 11) is 0. The zero-order valence-corrected chi connectivity index (χ0v) is 11.5. The molecule has 0 radical (unpaired) electrons. The van der Waals surface area contributed by atoms with Gasteiger partial charge in [-0.15, -0.1) is 0 Å². The number of benzene rings is 1. The van der Waals surface area contributed by atoms with E-state index in [0.29, 0.717) is 6.61 Å². The van der Waals surface area contributed by atoms with Gasteiger partial charge in [0.2, 0.25) is 0 Å². The molecule has 1 aliphatic heterocycles. The minimum absolute atomic E-state index is 0.117. The normalized spacial score (nSPS) is 18.0. The summed E-state index contributed by atoms with van der Waals surface area (Å²) >= 11 is 0. The third-order valence-corrected chi connectivity index (χ3v) is 3.12. The molecule has 0 bridgehead atoms. The second-order valence-corrected chi connectivity index (χ2v) is 5.75. The van der Waals surface area contributed by atoms with E-state index in [-0.39, 0.29) is 11.6 Å². The van der Waals surface area contributed by atoms with Crippen LogP contribution in [-0.2, 0) is 6.42 Å². The predicted molar refractivity (Wildman–Crippen MR) is 73.2 cm³/mol. The van der Waals surface area contributed by atoms with Crippen molar-refractivity contribution < 1.29 is 9.47 Å². The summed E-state index contributed by atoms with van der Waals surface area (Å²) in [4.78, 5) is 0. The lowest BCUT2D eigenvalue weighted by atomic mass is 10.0. The molecule has 0 amide bonds. The largest absolute Gasteiger partial charge is 0.490 e. The Morgan fingerprint density at radius 1 is 1.44 bits per heavy atom. The summed E-state index contributed by atoms with van der Waals surface area (Å²) in [5.41, 5.74) is 6.84. The molecule has 1 heterocycles. The van der Waals surface area contributed by atoms with E-state index >= 15 is 0 Å². The highest BCUT2D eigenvalue weighted by molar-refractivity contribution is 5.50. The van der Waals surface area contributed by atoms with Crippen LogP contribution in [-0.4, -0.2) is 18.2 Å². The Morgan fingerprint density at radius 3 is 2.94 bits per heavy atom. The fraction of sp³-hybridized carbons (Fsp3) is 0.600. The number of ether oxygens (including phenoxy) is 2. The van der Waals surface area contributed by atoms with Crippen LogP contribution < -0.4 is 15.2 Å². The first kappa shape index (κ1) is 13.2. The maximum absolute atomic E-state index is 5.95. The Hall–Kier alpha value is -1.22. The number of hydrogen-bond donors (Lipinski definition) is 1. The Kier molecular flexibility index (Phi) is 3.81. The van der Waals surface area contributed by atoms with E-state index in [1.807, 2.05) is 19.1 Å². The van der Waals surface area contributed by atoms with E-state index in [2.05, 4.69) is 19.9 Å². The number of hydrogen-bond acceptors (Lipinski definition) is 3. The van der Waals surface area contributed by atoms with Crippen molar-refractivity contribution in [2.24, 2.45) is 5.73 Å². The van der Waals surface area contributed by atoms with E-state index in [1.165, 1.54) is 5.56 Å². The highest BCUT2D eigenvalue weighted by Gasteiger charge is 2.32. The molecule has 0 aromatic heterocycles. The highest BCUT2D eigenvalue weighted by Crippen LogP contribution is 2.41. The van der Waals surface area contributed by atoms with Crippen LogP contribution in [0.4, 0.5) is 0 Å². The molecule has 0 fully saturated rings. The average molecular weight is 249 g/mol. The third kappa shape index (κ3) is 3.16. The van der Waals surface area contributed by atoms with Gasteiger partial charge in [-0.25, -0.2) is 0 Å². The van der Waals surface area contributed by atoms with Gasteiger partial charge in [-0.2, -0.15) is 0 Å². The van der Waals surface area contributed by atoms with Crippen molar-refractivity contribution in [3.05, 3.63) is 23.8 Å². The molecule has 100 valence electrons. The van der Waals surface area contributed by atoms with Crippen molar-refractivity contribution in [3.8, 4) is 11.5 Å². The molecule has 1 aliphatic rings. The first-order valence-corrected chi connectivity index (χ1v) is 6.67. The van der Waals surface area contributed by atoms with Crippen LogP contribution >= 0.6 is 0 Å². The summed E-state index contributed by atoms with van der Waals surface area (Å²) in [6.45, 7) is 6.92. The van der Waals surface area contributed by atoms with Crippen molar-refractivity contribution in [3.63, 3.8) is 0 Å². The Morgan fingerprint density at radius 2 is 2.22 bits per heavy atom. The fourth-order valence-corrected chi connectivity index (χ4v) is 2.29. The lowest BCUT2D eigenvalue weighted by Gasteiger charge is -2.18. The fourth-order valence-electron chi connectivity index (χ4n) is 2.29. The Bertz CT molecular complexity index is 413. The van der Waals surface area contributed by atoms with Gasteiger partial charge < -0.3 is 15.2 Å². The van der Waals surface area contributed by atoms with E-state index in [1.54, 1.807) is 0 Å². The van der Waals surface area contributed by atoms with Crippen molar-refractivity contribution >= 4 is 0 Å². The molecule has 0 saturated heterocycles. The summed E-state index contributed by atoms with van der Waals surface area (Å²) in [6, 6.07) is 6.36. The van der Waals surface area contributed by atoms with Gasteiger partial charge >= 0.3 is 0 Å². The molecule has 2 N–H and O–H groups in total. The number of nitrogens with two attached hydrogens (primary N) is 1. The minimum atomic E-state index is -0.117. The summed E-state index contributed by atoms with van der Waals surface area (Å²) in [6.07, 6.45) is 2.91. The number of para-hydroxylation sites is 1. The first-order valence-electron chi connectivity index (χ1n) is 6.67. The molecule has 1 aromatic carbocycles. The lowest BCUT2D eigenvalue weighted by molar-refractivity contribution is 0.132. The number of fused-ring (bicyclic) bond motifs is 1. The van der Waals surface area contributed by atoms with Crippen LogP contribution in [0.25, 0.3) is 0 Å². The van der Waals surface area contributed by atoms with Crippen LogP contribution in [0.5, 0.6) is 11.5 Å². The van der Waals surface area contributed by atoms with Crippen LogP contribution in [0.3, 0.4) is 0 Å². The van der Waals surface area contributed by atoms with Gasteiger partial charge in [0.05, 0.1) is 6.61 Å². The monoisotopic (exact) mass is 249 g/mol. The van der Waals surface area contributed by atoms with Crippen molar-refractivity contribution in [2.75, 3.05) is 6.61 Å². The third-order valence-electron chi connectivity index (χ3n) is 3.12. The van der Waals surface area contributed by atoms with Crippen LogP contribution in [0.2, 0.25) is 0 Å². The topological polar surface area (TPSA) is 44.5 Å². The summed E-state index contributed by atoms with van der Waals surface area (Å²) in [5, 5.41) is 0. The van der Waals surface area contributed by atoms with E-state index in [0.717, 1.165) is 30.8 Å². The second-order valence-electron chi connectivity index (χ2n) is 5.75. The maximum atomic E-state index is 5.95. The van der Waals surface area contributed by atoms with Gasteiger partial charge in [-0.1, -0.05) is 12.1 Å². The average Bonchev–Trinajstić information content (AvgIpc) is 2.58. The van der Waals surface area contributed by atoms with Crippen LogP contribution in [0.1, 0.15) is 39.2 Å². The lowest BCUT2D eigenvalue weighted by Crippen LogP contribution is -2.24.